The van der Waals surface area contributed by atoms with Crippen LogP contribution in [0.2, 0.25) is 0 Å². The Hall–Kier alpha value is 1.14. The molecular weight excluding hydrogens is 334 g/mol. The van der Waals surface area contributed by atoms with E-state index in [1.165, 1.54) is 0 Å². The van der Waals surface area contributed by atoms with Gasteiger partial charge in [-0.3, -0.25) is 0 Å². The second kappa shape index (κ2) is 6.72. The van der Waals surface area contributed by atoms with E-state index in [4.69, 9.17) is 23.6 Å². The van der Waals surface area contributed by atoms with Crippen molar-refractivity contribution in [2.24, 2.45) is 0 Å². The Bertz CT molecular complexity index is 381. The molecule has 8 heteroatoms. The standard InChI is InChI=1S/C12H26O4P2S2/c1-5-7(3)17(19)9(13)11(15)18(20,8(4)6-2)12(16)10(17)14/h7-16H,5-6H2,1-4H3. The lowest BCUT2D eigenvalue weighted by Crippen LogP contribution is -2.48. The van der Waals surface area contributed by atoms with Crippen molar-refractivity contribution in [1.82, 2.24) is 0 Å². The molecule has 6 atom stereocenters. The van der Waals surface area contributed by atoms with E-state index in [0.29, 0.717) is 12.8 Å². The molecule has 6 unspecified atom stereocenters. The van der Waals surface area contributed by atoms with Crippen LogP contribution in [-0.4, -0.2) is 55.1 Å². The molecule has 1 heterocycles. The summed E-state index contributed by atoms with van der Waals surface area (Å²) in [5.41, 5.74) is -0.208. The first kappa shape index (κ1) is 19.2. The molecular formula is C12H26O4P2S2. The number of aliphatic hydroxyl groups excluding tert-OH is 4. The van der Waals surface area contributed by atoms with E-state index < -0.39 is 35.5 Å². The quantitative estimate of drug-likeness (QED) is 0.573. The first-order valence-corrected chi connectivity index (χ1v) is 13.0. The lowest BCUT2D eigenvalue weighted by atomic mass is 10.4. The third-order valence-corrected chi connectivity index (χ3v) is 17.9. The normalized spacial score (nSPS) is 48.8. The molecule has 1 saturated heterocycles. The third kappa shape index (κ3) is 2.61. The van der Waals surface area contributed by atoms with Gasteiger partial charge in [0.1, 0.15) is 23.4 Å². The van der Waals surface area contributed by atoms with Gasteiger partial charge in [-0.2, -0.15) is 0 Å². The maximum Gasteiger partial charge on any atom is 0.116 e. The van der Waals surface area contributed by atoms with Gasteiger partial charge in [0.05, 0.1) is 0 Å². The van der Waals surface area contributed by atoms with Gasteiger partial charge in [-0.15, -0.1) is 0 Å². The van der Waals surface area contributed by atoms with Crippen LogP contribution in [0.1, 0.15) is 40.5 Å². The summed E-state index contributed by atoms with van der Waals surface area (Å²) >= 11 is 11.1. The minimum Gasteiger partial charge on any atom is -0.385 e. The minimum absolute atomic E-state index is 0.104. The summed E-state index contributed by atoms with van der Waals surface area (Å²) in [6.07, 6.45) is 1.38. The molecule has 0 radical (unpaired) electrons. The van der Waals surface area contributed by atoms with Gasteiger partial charge in [0.2, 0.25) is 0 Å². The van der Waals surface area contributed by atoms with Crippen molar-refractivity contribution >= 4 is 35.7 Å². The van der Waals surface area contributed by atoms with Crippen LogP contribution in [0, 0.1) is 0 Å². The van der Waals surface area contributed by atoms with Gasteiger partial charge in [0.25, 0.3) is 0 Å². The van der Waals surface area contributed by atoms with Crippen molar-refractivity contribution in [1.29, 1.82) is 0 Å². The Morgan fingerprint density at radius 1 is 0.750 bits per heavy atom. The fourth-order valence-electron chi connectivity index (χ4n) is 2.76. The summed E-state index contributed by atoms with van der Waals surface area (Å²) < 4.78 is 0. The Kier molecular flexibility index (Phi) is 6.44. The van der Waals surface area contributed by atoms with E-state index in [2.05, 4.69) is 0 Å². The Morgan fingerprint density at radius 3 is 1.10 bits per heavy atom. The highest BCUT2D eigenvalue weighted by atomic mass is 32.4. The van der Waals surface area contributed by atoms with Crippen LogP contribution in [0.5, 0.6) is 0 Å². The van der Waals surface area contributed by atoms with Gasteiger partial charge in [-0.05, 0) is 24.2 Å². The minimum atomic E-state index is -2.72. The maximum atomic E-state index is 10.6. The first-order chi connectivity index (χ1) is 9.09. The Labute approximate surface area is 131 Å². The van der Waals surface area contributed by atoms with Gasteiger partial charge in [-0.25, -0.2) is 0 Å². The highest BCUT2D eigenvalue weighted by Gasteiger charge is 2.58. The second-order valence-corrected chi connectivity index (χ2v) is 16.4. The summed E-state index contributed by atoms with van der Waals surface area (Å²) in [5.74, 6) is -4.70. The van der Waals surface area contributed by atoms with Crippen molar-refractivity contribution in [2.45, 2.75) is 75.2 Å². The zero-order valence-corrected chi connectivity index (χ0v) is 15.8. The highest BCUT2D eigenvalue weighted by molar-refractivity contribution is 8.19. The molecule has 0 spiro atoms. The highest BCUT2D eigenvalue weighted by Crippen LogP contribution is 2.76. The largest absolute Gasteiger partial charge is 0.385 e. The first-order valence-electron chi connectivity index (χ1n) is 7.00. The lowest BCUT2D eigenvalue weighted by Gasteiger charge is -2.52. The number of hydrogen-bond acceptors (Lipinski definition) is 6. The maximum absolute atomic E-state index is 10.6. The van der Waals surface area contributed by atoms with Crippen molar-refractivity contribution < 1.29 is 20.4 Å². The summed E-state index contributed by atoms with van der Waals surface area (Å²) in [6.45, 7) is 7.59. The van der Waals surface area contributed by atoms with E-state index in [0.717, 1.165) is 0 Å². The van der Waals surface area contributed by atoms with Gasteiger partial charge in [0, 0.05) is 12.1 Å². The zero-order valence-electron chi connectivity index (χ0n) is 12.4. The average molecular weight is 360 g/mol. The lowest BCUT2D eigenvalue weighted by molar-refractivity contribution is 0.0749. The van der Waals surface area contributed by atoms with Crippen molar-refractivity contribution in [3.05, 3.63) is 0 Å². The Morgan fingerprint density at radius 2 is 0.950 bits per heavy atom. The predicted molar refractivity (Wildman–Crippen MR) is 92.1 cm³/mol. The fourth-order valence-corrected chi connectivity index (χ4v) is 14.3. The van der Waals surface area contributed by atoms with E-state index in [9.17, 15) is 20.4 Å². The molecule has 0 aromatic carbocycles. The van der Waals surface area contributed by atoms with Crippen molar-refractivity contribution in [3.63, 3.8) is 0 Å². The van der Waals surface area contributed by atoms with Crippen LogP contribution in [0.4, 0.5) is 0 Å². The van der Waals surface area contributed by atoms with E-state index in [-0.39, 0.29) is 11.3 Å². The molecule has 0 aliphatic carbocycles. The molecule has 20 heavy (non-hydrogen) atoms. The molecule has 1 aliphatic rings. The smallest absolute Gasteiger partial charge is 0.116 e. The zero-order chi connectivity index (χ0) is 15.9. The van der Waals surface area contributed by atoms with Gasteiger partial charge < -0.3 is 20.4 Å². The van der Waals surface area contributed by atoms with Crippen LogP contribution in [0.25, 0.3) is 0 Å². The molecule has 1 fully saturated rings. The SMILES string of the molecule is CCC(C)P1(=S)C(O)C(O)P(=S)(C(C)CC)C(O)C1O. The third-order valence-electron chi connectivity index (χ3n) is 4.75. The molecule has 0 bridgehead atoms. The Balaban J connectivity index is 3.36. The molecule has 0 aromatic heterocycles. The number of rotatable bonds is 4. The molecule has 0 aromatic rings. The van der Waals surface area contributed by atoms with E-state index in [1.54, 1.807) is 0 Å². The summed E-state index contributed by atoms with van der Waals surface area (Å²) in [4.78, 5) is 0. The van der Waals surface area contributed by atoms with Gasteiger partial charge in [0.15, 0.2) is 0 Å². The molecule has 1 aliphatic heterocycles. The van der Waals surface area contributed by atoms with Crippen molar-refractivity contribution in [2.75, 3.05) is 0 Å². The van der Waals surface area contributed by atoms with Crippen LogP contribution in [0.3, 0.4) is 0 Å². The number of aliphatic hydroxyl groups is 4. The molecule has 120 valence electrons. The van der Waals surface area contributed by atoms with Crippen molar-refractivity contribution in [3.8, 4) is 0 Å². The fraction of sp³-hybridized carbons (Fsp3) is 1.00. The molecule has 4 N–H and O–H groups in total. The van der Waals surface area contributed by atoms with Crippen LogP contribution in [-0.2, 0) is 23.6 Å². The molecule has 0 amide bonds. The van der Waals surface area contributed by atoms with Crippen LogP contribution in [0.15, 0.2) is 0 Å². The second-order valence-electron chi connectivity index (χ2n) is 5.70. The number of hydrogen-bond donors (Lipinski definition) is 4. The molecule has 0 saturated carbocycles. The summed E-state index contributed by atoms with van der Waals surface area (Å²) in [6, 6.07) is -5.45. The average Bonchev–Trinajstić information content (AvgIpc) is 2.46. The monoisotopic (exact) mass is 360 g/mol. The van der Waals surface area contributed by atoms with Crippen LogP contribution >= 0.6 is 12.1 Å². The van der Waals surface area contributed by atoms with E-state index >= 15 is 0 Å². The van der Waals surface area contributed by atoms with E-state index in [1.807, 2.05) is 27.7 Å². The van der Waals surface area contributed by atoms with Gasteiger partial charge >= 0.3 is 0 Å². The molecule has 1 rings (SSSR count). The topological polar surface area (TPSA) is 80.9 Å². The summed E-state index contributed by atoms with van der Waals surface area (Å²) in [7, 11) is 0. The predicted octanol–water partition coefficient (Wildman–Crippen LogP) is 1.83. The van der Waals surface area contributed by atoms with Gasteiger partial charge in [-0.1, -0.05) is 51.3 Å². The summed E-state index contributed by atoms with van der Waals surface area (Å²) in [5, 5.41) is 42.2. The van der Waals surface area contributed by atoms with Crippen LogP contribution < -0.4 is 0 Å². The molecule has 4 nitrogen and oxygen atoms in total.